The number of carbonyl (C=O) groups is 2. The van der Waals surface area contributed by atoms with Gasteiger partial charge in [-0.15, -0.1) is 0 Å². The fraction of sp³-hybridized carbons (Fsp3) is 0.846. The molecule has 0 aromatic carbocycles. The third kappa shape index (κ3) is 4.94. The Kier molecular flexibility index (Phi) is 5.95. The van der Waals surface area contributed by atoms with Crippen molar-refractivity contribution in [2.24, 2.45) is 0 Å². The number of aliphatic carboxylic acids is 1. The fourth-order valence-electron chi connectivity index (χ4n) is 2.12. The maximum atomic E-state index is 12.1. The van der Waals surface area contributed by atoms with Gasteiger partial charge in [-0.2, -0.15) is 0 Å². The van der Waals surface area contributed by atoms with E-state index in [1.165, 1.54) is 0 Å². The van der Waals surface area contributed by atoms with Gasteiger partial charge in [-0.1, -0.05) is 20.3 Å². The van der Waals surface area contributed by atoms with E-state index in [-0.39, 0.29) is 18.5 Å². The van der Waals surface area contributed by atoms with Crippen molar-refractivity contribution in [2.75, 3.05) is 6.54 Å². The summed E-state index contributed by atoms with van der Waals surface area (Å²) in [7, 11) is 0. The van der Waals surface area contributed by atoms with Gasteiger partial charge in [0.2, 0.25) is 0 Å². The molecule has 1 atom stereocenters. The first-order chi connectivity index (χ1) is 8.58. The number of nitrogens with one attached hydrogen (secondary N) is 1. The van der Waals surface area contributed by atoms with Crippen molar-refractivity contribution in [2.45, 2.75) is 64.5 Å². The summed E-state index contributed by atoms with van der Waals surface area (Å²) in [6.07, 6.45) is 4.67. The molecule has 0 aliphatic heterocycles. The van der Waals surface area contributed by atoms with Crippen LogP contribution in [0.4, 0.5) is 4.79 Å². The lowest BCUT2D eigenvalue weighted by Crippen LogP contribution is -2.46. The molecule has 1 aliphatic rings. The van der Waals surface area contributed by atoms with E-state index in [0.29, 0.717) is 12.5 Å². The summed E-state index contributed by atoms with van der Waals surface area (Å²) in [5, 5.41) is 11.7. The van der Waals surface area contributed by atoms with Crippen molar-refractivity contribution in [1.82, 2.24) is 10.2 Å². The molecule has 0 radical (unpaired) electrons. The molecule has 0 heterocycles. The highest BCUT2D eigenvalue weighted by atomic mass is 16.4. The topological polar surface area (TPSA) is 69.6 Å². The Hall–Kier alpha value is -1.26. The Labute approximate surface area is 109 Å². The third-order valence-electron chi connectivity index (χ3n) is 3.10. The Bertz CT molecular complexity index is 290. The van der Waals surface area contributed by atoms with Crippen LogP contribution in [0.15, 0.2) is 0 Å². The lowest BCUT2D eigenvalue weighted by atomic mass is 10.1. The van der Waals surface area contributed by atoms with Crippen LogP contribution in [-0.4, -0.2) is 40.6 Å². The van der Waals surface area contributed by atoms with Crippen molar-refractivity contribution in [3.63, 3.8) is 0 Å². The zero-order valence-electron chi connectivity index (χ0n) is 11.3. The van der Waals surface area contributed by atoms with Gasteiger partial charge >= 0.3 is 12.0 Å². The molecule has 2 amide bonds. The van der Waals surface area contributed by atoms with Crippen molar-refractivity contribution in [3.05, 3.63) is 0 Å². The van der Waals surface area contributed by atoms with E-state index < -0.39 is 5.97 Å². The molecular weight excluding hydrogens is 232 g/mol. The number of carboxylic acid groups (broad SMARTS) is 1. The van der Waals surface area contributed by atoms with Gasteiger partial charge in [-0.3, -0.25) is 4.79 Å². The average Bonchev–Trinajstić information content (AvgIpc) is 3.08. The molecule has 0 bridgehead atoms. The molecule has 0 aromatic rings. The van der Waals surface area contributed by atoms with Crippen molar-refractivity contribution >= 4 is 12.0 Å². The molecule has 1 aliphatic carbocycles. The summed E-state index contributed by atoms with van der Waals surface area (Å²) in [4.78, 5) is 24.7. The Morgan fingerprint density at radius 3 is 2.44 bits per heavy atom. The van der Waals surface area contributed by atoms with Crippen LogP contribution >= 0.6 is 0 Å². The predicted molar refractivity (Wildman–Crippen MR) is 69.5 cm³/mol. The number of urea groups is 1. The summed E-state index contributed by atoms with van der Waals surface area (Å²) >= 11 is 0. The molecule has 104 valence electrons. The molecular formula is C13H24N2O3. The van der Waals surface area contributed by atoms with Gasteiger partial charge < -0.3 is 15.3 Å². The quantitative estimate of drug-likeness (QED) is 0.699. The highest BCUT2D eigenvalue weighted by Crippen LogP contribution is 2.27. The summed E-state index contributed by atoms with van der Waals surface area (Å²) in [6.45, 7) is 4.79. The second-order valence-corrected chi connectivity index (χ2v) is 4.96. The molecule has 0 spiro atoms. The molecule has 18 heavy (non-hydrogen) atoms. The lowest BCUT2D eigenvalue weighted by molar-refractivity contribution is -0.137. The number of carbonyl (C=O) groups excluding carboxylic acids is 1. The Balaban J connectivity index is 2.49. The van der Waals surface area contributed by atoms with Gasteiger partial charge in [0.15, 0.2) is 0 Å². The number of amides is 2. The summed E-state index contributed by atoms with van der Waals surface area (Å²) < 4.78 is 0. The first-order valence-electron chi connectivity index (χ1n) is 6.87. The molecule has 5 heteroatoms. The highest BCUT2D eigenvalue weighted by Gasteiger charge is 2.32. The van der Waals surface area contributed by atoms with Crippen LogP contribution in [0.1, 0.15) is 52.4 Å². The summed E-state index contributed by atoms with van der Waals surface area (Å²) in [6, 6.07) is 0.0224. The minimum Gasteiger partial charge on any atom is -0.481 e. The van der Waals surface area contributed by atoms with Gasteiger partial charge in [0, 0.05) is 18.6 Å². The molecule has 2 N–H and O–H groups in total. The summed E-state index contributed by atoms with van der Waals surface area (Å²) in [5.74, 6) is -0.859. The zero-order chi connectivity index (χ0) is 13.5. The first kappa shape index (κ1) is 14.8. The monoisotopic (exact) mass is 256 g/mol. The fourth-order valence-corrected chi connectivity index (χ4v) is 2.12. The predicted octanol–water partition coefficient (Wildman–Crippen LogP) is 2.21. The zero-order valence-corrected chi connectivity index (χ0v) is 11.3. The number of hydrogen-bond donors (Lipinski definition) is 2. The Morgan fingerprint density at radius 2 is 2.00 bits per heavy atom. The lowest BCUT2D eigenvalue weighted by Gasteiger charge is -2.25. The minimum atomic E-state index is -0.859. The molecule has 1 saturated carbocycles. The van der Waals surface area contributed by atoms with E-state index in [9.17, 15) is 9.59 Å². The molecule has 1 rings (SSSR count). The van der Waals surface area contributed by atoms with Gasteiger partial charge in [0.05, 0.1) is 6.42 Å². The normalized spacial score (nSPS) is 16.1. The van der Waals surface area contributed by atoms with Gasteiger partial charge in [0.25, 0.3) is 0 Å². The maximum Gasteiger partial charge on any atom is 0.317 e. The molecule has 1 fully saturated rings. The smallest absolute Gasteiger partial charge is 0.317 e. The van der Waals surface area contributed by atoms with Crippen LogP contribution in [0.25, 0.3) is 0 Å². The maximum absolute atomic E-state index is 12.1. The Morgan fingerprint density at radius 1 is 1.33 bits per heavy atom. The van der Waals surface area contributed by atoms with E-state index in [4.69, 9.17) is 5.11 Å². The van der Waals surface area contributed by atoms with E-state index in [1.807, 2.05) is 18.7 Å². The average molecular weight is 256 g/mol. The van der Waals surface area contributed by atoms with E-state index in [1.54, 1.807) is 0 Å². The van der Waals surface area contributed by atoms with Crippen LogP contribution in [0.3, 0.4) is 0 Å². The van der Waals surface area contributed by atoms with Gasteiger partial charge in [-0.25, -0.2) is 4.79 Å². The molecule has 0 saturated heterocycles. The SMILES string of the molecule is CCCC(CC(=O)O)NC(=O)N(CCC)C1CC1. The number of carboxylic acids is 1. The summed E-state index contributed by atoms with van der Waals surface area (Å²) in [5.41, 5.74) is 0. The van der Waals surface area contributed by atoms with Crippen LogP contribution in [0.5, 0.6) is 0 Å². The van der Waals surface area contributed by atoms with Crippen molar-refractivity contribution < 1.29 is 14.7 Å². The van der Waals surface area contributed by atoms with Crippen LogP contribution in [-0.2, 0) is 4.79 Å². The molecule has 5 nitrogen and oxygen atoms in total. The number of rotatable bonds is 8. The van der Waals surface area contributed by atoms with Crippen molar-refractivity contribution in [1.29, 1.82) is 0 Å². The van der Waals surface area contributed by atoms with Crippen molar-refractivity contribution in [3.8, 4) is 0 Å². The van der Waals surface area contributed by atoms with Gasteiger partial charge in [0.1, 0.15) is 0 Å². The second kappa shape index (κ2) is 7.24. The number of hydrogen-bond acceptors (Lipinski definition) is 2. The minimum absolute atomic E-state index is 0.00418. The highest BCUT2D eigenvalue weighted by molar-refractivity contribution is 5.76. The van der Waals surface area contributed by atoms with E-state index in [2.05, 4.69) is 5.32 Å². The van der Waals surface area contributed by atoms with E-state index >= 15 is 0 Å². The first-order valence-corrected chi connectivity index (χ1v) is 6.87. The third-order valence-corrected chi connectivity index (χ3v) is 3.10. The standard InChI is InChI=1S/C13H24N2O3/c1-3-5-10(9-12(16)17)14-13(18)15(8-4-2)11-6-7-11/h10-11H,3-9H2,1-2H3,(H,14,18)(H,16,17). The molecule has 1 unspecified atom stereocenters. The van der Waals surface area contributed by atoms with Crippen LogP contribution in [0.2, 0.25) is 0 Å². The largest absolute Gasteiger partial charge is 0.481 e. The van der Waals surface area contributed by atoms with E-state index in [0.717, 1.165) is 32.2 Å². The second-order valence-electron chi connectivity index (χ2n) is 4.96. The van der Waals surface area contributed by atoms with Gasteiger partial charge in [-0.05, 0) is 25.7 Å². The molecule has 0 aromatic heterocycles. The van der Waals surface area contributed by atoms with Crippen LogP contribution < -0.4 is 5.32 Å². The van der Waals surface area contributed by atoms with Crippen LogP contribution in [0, 0.1) is 0 Å². The number of nitrogens with zero attached hydrogens (tertiary/aromatic N) is 1.